The van der Waals surface area contributed by atoms with Crippen molar-refractivity contribution >= 4 is 20.0 Å². The van der Waals surface area contributed by atoms with E-state index in [9.17, 15) is 16.8 Å². The molecule has 88 valence electrons. The normalized spacial score (nSPS) is 13.5. The first-order valence-corrected chi connectivity index (χ1v) is 7.81. The molecule has 0 spiro atoms. The summed E-state index contributed by atoms with van der Waals surface area (Å²) in [7, 11) is -7.60. The lowest BCUT2D eigenvalue weighted by Gasteiger charge is -2.30. The molecule has 0 rings (SSSR count). The van der Waals surface area contributed by atoms with Gasteiger partial charge in [-0.15, -0.1) is 3.29 Å². The van der Waals surface area contributed by atoms with Gasteiger partial charge in [0.2, 0.25) is 0 Å². The van der Waals surface area contributed by atoms with E-state index >= 15 is 0 Å². The van der Waals surface area contributed by atoms with Crippen molar-refractivity contribution in [2.75, 3.05) is 25.6 Å². The third-order valence-corrected chi connectivity index (χ3v) is 6.66. The Hall–Kier alpha value is -0.660. The Morgan fingerprint density at radius 1 is 0.933 bits per heavy atom. The molecular formula is C8H16NO4S2+. The number of hydrogen-bond acceptors (Lipinski definition) is 4. The van der Waals surface area contributed by atoms with Crippen LogP contribution in [0.3, 0.4) is 0 Å². The summed E-state index contributed by atoms with van der Waals surface area (Å²) in [4.78, 5) is 0. The van der Waals surface area contributed by atoms with E-state index in [4.69, 9.17) is 0 Å². The lowest BCUT2D eigenvalue weighted by Crippen LogP contribution is -2.55. The Kier molecular flexibility index (Phi) is 4.26. The van der Waals surface area contributed by atoms with Crippen molar-refractivity contribution in [3.05, 3.63) is 25.3 Å². The zero-order chi connectivity index (χ0) is 12.3. The Morgan fingerprint density at radius 2 is 1.20 bits per heavy atom. The second-order valence-corrected chi connectivity index (χ2v) is 7.78. The van der Waals surface area contributed by atoms with Crippen LogP contribution < -0.4 is 0 Å². The minimum absolute atomic E-state index is 0.191. The highest BCUT2D eigenvalue weighted by Crippen LogP contribution is 2.20. The molecule has 0 aromatic rings. The van der Waals surface area contributed by atoms with Gasteiger partial charge in [0.15, 0.2) is 0 Å². The molecule has 15 heavy (non-hydrogen) atoms. The maximum Gasteiger partial charge on any atom is 0.309 e. The van der Waals surface area contributed by atoms with Gasteiger partial charge in [-0.2, -0.15) is 16.8 Å². The topological polar surface area (TPSA) is 68.3 Å². The van der Waals surface area contributed by atoms with Crippen LogP contribution in [0.4, 0.5) is 0 Å². The fraction of sp³-hybridized carbons (Fsp3) is 0.500. The maximum absolute atomic E-state index is 11.6. The predicted molar refractivity (Wildman–Crippen MR) is 60.1 cm³/mol. The highest BCUT2D eigenvalue weighted by atomic mass is 32.3. The second kappa shape index (κ2) is 4.46. The monoisotopic (exact) mass is 254 g/mol. The molecule has 0 aromatic heterocycles. The summed E-state index contributed by atoms with van der Waals surface area (Å²) in [6.45, 7) is 6.37. The summed E-state index contributed by atoms with van der Waals surface area (Å²) in [6.07, 6.45) is 4.32. The molecular weight excluding hydrogens is 238 g/mol. The lowest BCUT2D eigenvalue weighted by molar-refractivity contribution is -0.656. The van der Waals surface area contributed by atoms with Crippen LogP contribution in [0.5, 0.6) is 0 Å². The van der Waals surface area contributed by atoms with Gasteiger partial charge >= 0.3 is 20.0 Å². The fourth-order valence-corrected chi connectivity index (χ4v) is 4.73. The van der Waals surface area contributed by atoms with Gasteiger partial charge in [0, 0.05) is 0 Å². The molecule has 0 atom stereocenters. The molecule has 0 aromatic carbocycles. The van der Waals surface area contributed by atoms with Gasteiger partial charge < -0.3 is 0 Å². The summed E-state index contributed by atoms with van der Waals surface area (Å²) in [5, 5.41) is 0. The van der Waals surface area contributed by atoms with Crippen LogP contribution in [0.2, 0.25) is 0 Å². The van der Waals surface area contributed by atoms with Crippen LogP contribution in [0.1, 0.15) is 0 Å². The van der Waals surface area contributed by atoms with Gasteiger partial charge in [-0.05, 0) is 12.2 Å². The highest BCUT2D eigenvalue weighted by Gasteiger charge is 2.46. The van der Waals surface area contributed by atoms with Crippen molar-refractivity contribution in [2.45, 2.75) is 0 Å². The molecule has 0 N–H and O–H groups in total. The first-order chi connectivity index (χ1) is 6.62. The molecule has 0 aliphatic heterocycles. The number of quaternary nitrogens is 1. The largest absolute Gasteiger partial charge is 0.309 e. The van der Waals surface area contributed by atoms with Crippen LogP contribution in [-0.4, -0.2) is 45.7 Å². The van der Waals surface area contributed by atoms with Gasteiger partial charge in [0.1, 0.15) is 13.1 Å². The van der Waals surface area contributed by atoms with Crippen molar-refractivity contribution < 1.29 is 20.1 Å². The highest BCUT2D eigenvalue weighted by molar-refractivity contribution is 7.97. The number of nitrogens with zero attached hydrogens (tertiary/aromatic N) is 1. The Balaban J connectivity index is 5.93. The SMILES string of the molecule is C=CC[N+](CC=C)(S(C)(=O)=O)S(C)(=O)=O. The van der Waals surface area contributed by atoms with Gasteiger partial charge in [-0.1, -0.05) is 13.2 Å². The van der Waals surface area contributed by atoms with Crippen LogP contribution in [0.15, 0.2) is 25.3 Å². The summed E-state index contributed by atoms with van der Waals surface area (Å²) >= 11 is 0. The van der Waals surface area contributed by atoms with Gasteiger partial charge in [-0.25, -0.2) is 0 Å². The lowest BCUT2D eigenvalue weighted by atomic mass is 10.5. The van der Waals surface area contributed by atoms with E-state index < -0.39 is 23.3 Å². The van der Waals surface area contributed by atoms with Gasteiger partial charge in [0.05, 0.1) is 12.5 Å². The maximum atomic E-state index is 11.6. The van der Waals surface area contributed by atoms with Crippen molar-refractivity contribution in [3.8, 4) is 0 Å². The van der Waals surface area contributed by atoms with E-state index in [2.05, 4.69) is 13.2 Å². The standard InChI is InChI=1S/C8H16NO4S2/c1-5-7-9(8-6-2,14(3,10)11)15(4,12)13/h5-6H,1-2,7-8H2,3-4H3/q+1. The molecule has 0 saturated carbocycles. The van der Waals surface area contributed by atoms with Gasteiger partial charge in [0.25, 0.3) is 0 Å². The predicted octanol–water partition coefficient (Wildman–Crippen LogP) is 0.0944. The molecule has 0 unspecified atom stereocenters. The molecule has 0 bridgehead atoms. The number of rotatable bonds is 6. The van der Waals surface area contributed by atoms with E-state index in [0.29, 0.717) is 0 Å². The third kappa shape index (κ3) is 2.67. The molecule has 0 radical (unpaired) electrons. The molecule has 0 aliphatic carbocycles. The molecule has 0 heterocycles. The second-order valence-electron chi connectivity index (χ2n) is 3.22. The smallest absolute Gasteiger partial charge is 0.173 e. The van der Waals surface area contributed by atoms with E-state index in [-0.39, 0.29) is 13.1 Å². The molecule has 5 nitrogen and oxygen atoms in total. The molecule has 7 heteroatoms. The van der Waals surface area contributed by atoms with Crippen LogP contribution >= 0.6 is 0 Å². The van der Waals surface area contributed by atoms with Crippen molar-refractivity contribution in [1.82, 2.24) is 0 Å². The van der Waals surface area contributed by atoms with E-state index in [0.717, 1.165) is 12.5 Å². The van der Waals surface area contributed by atoms with Crippen molar-refractivity contribution in [2.24, 2.45) is 0 Å². The molecule has 0 aliphatic rings. The Morgan fingerprint density at radius 3 is 1.33 bits per heavy atom. The van der Waals surface area contributed by atoms with Crippen molar-refractivity contribution in [3.63, 3.8) is 0 Å². The Bertz CT molecular complexity index is 403. The molecule has 0 saturated heterocycles. The molecule has 0 amide bonds. The molecule has 0 fully saturated rings. The van der Waals surface area contributed by atoms with Crippen LogP contribution in [0, 0.1) is 0 Å². The van der Waals surface area contributed by atoms with E-state index in [1.807, 2.05) is 0 Å². The van der Waals surface area contributed by atoms with E-state index in [1.54, 1.807) is 0 Å². The fourth-order valence-electron chi connectivity index (χ4n) is 1.26. The zero-order valence-electron chi connectivity index (χ0n) is 8.88. The van der Waals surface area contributed by atoms with Crippen molar-refractivity contribution in [1.29, 1.82) is 0 Å². The summed E-state index contributed by atoms with van der Waals surface area (Å²) in [6, 6.07) is 0. The van der Waals surface area contributed by atoms with Gasteiger partial charge in [-0.3, -0.25) is 0 Å². The zero-order valence-corrected chi connectivity index (χ0v) is 10.5. The van der Waals surface area contributed by atoms with Crippen LogP contribution in [-0.2, 0) is 20.0 Å². The summed E-state index contributed by atoms with van der Waals surface area (Å²) in [5.41, 5.74) is 0. The number of hydrogen-bond donors (Lipinski definition) is 0. The Labute approximate surface area is 91.4 Å². The third-order valence-electron chi connectivity index (χ3n) is 2.02. The average Bonchev–Trinajstić information content (AvgIpc) is 1.99. The van der Waals surface area contributed by atoms with Crippen LogP contribution in [0.25, 0.3) is 0 Å². The first kappa shape index (κ1) is 14.3. The summed E-state index contributed by atoms with van der Waals surface area (Å²) in [5.74, 6) is 0. The number of sulfonamides is 2. The quantitative estimate of drug-likeness (QED) is 0.498. The average molecular weight is 254 g/mol. The summed E-state index contributed by atoms with van der Waals surface area (Å²) < 4.78 is 45.2. The first-order valence-electron chi connectivity index (χ1n) is 4.11. The minimum Gasteiger partial charge on any atom is -0.173 e. The minimum atomic E-state index is -3.80. The van der Waals surface area contributed by atoms with E-state index in [1.165, 1.54) is 12.2 Å².